The molecule has 0 amide bonds. The first-order valence-electron chi connectivity index (χ1n) is 16.6. The summed E-state index contributed by atoms with van der Waals surface area (Å²) < 4.78 is 10.3. The summed E-state index contributed by atoms with van der Waals surface area (Å²) in [6.07, 6.45) is 1.82. The van der Waals surface area contributed by atoms with E-state index in [1.54, 1.807) is 12.1 Å². The quantitative estimate of drug-likeness (QED) is 0.0622. The highest BCUT2D eigenvalue weighted by molar-refractivity contribution is 5.92. The lowest BCUT2D eigenvalue weighted by atomic mass is 9.86. The van der Waals surface area contributed by atoms with Crippen LogP contribution in [0, 0.1) is 22.7 Å². The molecule has 0 aliphatic heterocycles. The van der Waals surface area contributed by atoms with Gasteiger partial charge in [-0.15, -0.1) is 0 Å². The summed E-state index contributed by atoms with van der Waals surface area (Å²) in [4.78, 5) is 25.8. The van der Waals surface area contributed by atoms with Gasteiger partial charge in [0.2, 0.25) is 0 Å². The average Bonchev–Trinajstić information content (AvgIpc) is 3.18. The molecule has 0 aliphatic carbocycles. The first-order valence-corrected chi connectivity index (χ1v) is 16.6. The lowest BCUT2D eigenvalue weighted by molar-refractivity contribution is -0.139. The van der Waals surface area contributed by atoms with Gasteiger partial charge in [-0.3, -0.25) is 0 Å². The van der Waals surface area contributed by atoms with Crippen molar-refractivity contribution in [1.82, 2.24) is 0 Å². The summed E-state index contributed by atoms with van der Waals surface area (Å²) in [6, 6.07) is 49.2. The topological polar surface area (TPSA) is 103 Å². The maximum atomic E-state index is 11.8. The number of anilines is 3. The zero-order valence-corrected chi connectivity index (χ0v) is 28.2. The molecule has 51 heavy (non-hydrogen) atoms. The number of benzene rings is 5. The van der Waals surface area contributed by atoms with E-state index in [4.69, 9.17) is 20.0 Å². The van der Waals surface area contributed by atoms with Crippen LogP contribution in [0.1, 0.15) is 33.7 Å². The summed E-state index contributed by atoms with van der Waals surface area (Å²) in [5.41, 5.74) is 8.09. The van der Waals surface area contributed by atoms with E-state index in [0.717, 1.165) is 34.6 Å². The van der Waals surface area contributed by atoms with Crippen molar-refractivity contribution in [2.24, 2.45) is 0 Å². The third-order valence-electron chi connectivity index (χ3n) is 8.44. The molecule has 0 aliphatic rings. The molecular formula is C44H37N3O4. The molecule has 0 aromatic heterocycles. The molecule has 0 bridgehead atoms. The van der Waals surface area contributed by atoms with Crippen molar-refractivity contribution in [3.8, 4) is 12.1 Å². The Kier molecular flexibility index (Phi) is 12.3. The van der Waals surface area contributed by atoms with Gasteiger partial charge in [0.25, 0.3) is 0 Å². The second kappa shape index (κ2) is 17.6. The Bertz CT molecular complexity index is 1920. The number of ether oxygens (including phenoxy) is 2. The van der Waals surface area contributed by atoms with Gasteiger partial charge in [-0.1, -0.05) is 110 Å². The number of nitriles is 2. The van der Waals surface area contributed by atoms with Crippen molar-refractivity contribution >= 4 is 29.0 Å². The van der Waals surface area contributed by atoms with Crippen LogP contribution in [0.3, 0.4) is 0 Å². The van der Waals surface area contributed by atoms with Crippen LogP contribution in [-0.4, -0.2) is 25.2 Å². The van der Waals surface area contributed by atoms with Crippen LogP contribution in [0.4, 0.5) is 17.1 Å². The van der Waals surface area contributed by atoms with Gasteiger partial charge in [0, 0.05) is 35.8 Å². The molecule has 0 saturated heterocycles. The number of carbonyl (C=O) groups excluding carboxylic acids is 2. The summed E-state index contributed by atoms with van der Waals surface area (Å²) in [5.74, 6) is -1.21. The fourth-order valence-corrected chi connectivity index (χ4v) is 5.67. The molecule has 0 spiro atoms. The number of nitrogens with zero attached hydrogens (tertiary/aromatic N) is 3. The van der Waals surface area contributed by atoms with E-state index in [9.17, 15) is 9.59 Å². The number of carbonyl (C=O) groups is 2. The highest BCUT2D eigenvalue weighted by Gasteiger charge is 2.17. The van der Waals surface area contributed by atoms with Crippen molar-refractivity contribution in [1.29, 1.82) is 10.5 Å². The first kappa shape index (κ1) is 35.6. The molecular weight excluding hydrogens is 635 g/mol. The van der Waals surface area contributed by atoms with Crippen molar-refractivity contribution < 1.29 is 19.1 Å². The predicted octanol–water partition coefficient (Wildman–Crippen LogP) is 8.86. The minimum absolute atomic E-state index is 0.137. The van der Waals surface area contributed by atoms with E-state index in [2.05, 4.69) is 90.9 Å². The lowest BCUT2D eigenvalue weighted by Gasteiger charge is -2.26. The molecule has 0 heterocycles. The van der Waals surface area contributed by atoms with E-state index in [1.807, 2.05) is 60.7 Å². The van der Waals surface area contributed by atoms with Gasteiger partial charge in [-0.2, -0.15) is 10.5 Å². The van der Waals surface area contributed by atoms with Crippen LogP contribution < -0.4 is 4.90 Å². The van der Waals surface area contributed by atoms with Crippen LogP contribution >= 0.6 is 0 Å². The Balaban J connectivity index is 1.38. The van der Waals surface area contributed by atoms with Gasteiger partial charge in [0.05, 0.1) is 13.2 Å². The zero-order valence-electron chi connectivity index (χ0n) is 28.2. The predicted molar refractivity (Wildman–Crippen MR) is 198 cm³/mol. The fourth-order valence-electron chi connectivity index (χ4n) is 5.67. The van der Waals surface area contributed by atoms with Gasteiger partial charge in [-0.25, -0.2) is 9.59 Å². The Morgan fingerprint density at radius 2 is 0.902 bits per heavy atom. The van der Waals surface area contributed by atoms with Gasteiger partial charge in [-0.05, 0) is 70.6 Å². The number of rotatable bonds is 15. The van der Waals surface area contributed by atoms with Crippen molar-refractivity contribution in [3.05, 3.63) is 186 Å². The highest BCUT2D eigenvalue weighted by Crippen LogP contribution is 2.36. The highest BCUT2D eigenvalue weighted by atomic mass is 16.5. The zero-order chi connectivity index (χ0) is 36.0. The number of esters is 2. The van der Waals surface area contributed by atoms with Crippen molar-refractivity contribution in [3.63, 3.8) is 0 Å². The molecule has 5 rings (SSSR count). The van der Waals surface area contributed by atoms with Crippen LogP contribution in [-0.2, 0) is 38.3 Å². The second-order valence-electron chi connectivity index (χ2n) is 11.9. The van der Waals surface area contributed by atoms with Crippen LogP contribution in [0.2, 0.25) is 0 Å². The third-order valence-corrected chi connectivity index (χ3v) is 8.44. The minimum atomic E-state index is -0.711. The van der Waals surface area contributed by atoms with Crippen LogP contribution in [0.5, 0.6) is 0 Å². The van der Waals surface area contributed by atoms with Crippen molar-refractivity contribution in [2.75, 3.05) is 18.1 Å². The fraction of sp³-hybridized carbons (Fsp3) is 0.136. The smallest absolute Gasteiger partial charge is 0.348 e. The molecule has 0 N–H and O–H groups in total. The lowest BCUT2D eigenvalue weighted by Crippen LogP contribution is -2.11. The first-order chi connectivity index (χ1) is 24.9. The summed E-state index contributed by atoms with van der Waals surface area (Å²) in [7, 11) is 0. The van der Waals surface area contributed by atoms with Gasteiger partial charge >= 0.3 is 11.9 Å². The minimum Gasteiger partial charge on any atom is -0.461 e. The Morgan fingerprint density at radius 1 is 0.549 bits per heavy atom. The maximum absolute atomic E-state index is 11.8. The molecule has 5 aromatic carbocycles. The molecule has 0 fully saturated rings. The normalized spacial score (nSPS) is 10.4. The monoisotopic (exact) mass is 671 g/mol. The van der Waals surface area contributed by atoms with E-state index >= 15 is 0 Å². The maximum Gasteiger partial charge on any atom is 0.348 e. The Labute approximate surface area is 298 Å². The third kappa shape index (κ3) is 9.69. The molecule has 0 unspecified atom stereocenters. The molecule has 0 atom stereocenters. The molecule has 252 valence electrons. The SMILES string of the molecule is C=C(C#N)C(=O)OCCc1ccc(N(c2ccc(CCOC(=O)C(=C)C#N)cc2)c2ccc(CC(c3ccccc3)c3ccccc3)cc2)cc1. The number of hydrogen-bond donors (Lipinski definition) is 0. The van der Waals surface area contributed by atoms with E-state index in [0.29, 0.717) is 12.8 Å². The Hall–Kier alpha value is -6.70. The average molecular weight is 672 g/mol. The summed E-state index contributed by atoms with van der Waals surface area (Å²) >= 11 is 0. The summed E-state index contributed by atoms with van der Waals surface area (Å²) in [5, 5.41) is 17.7. The number of hydrogen-bond acceptors (Lipinski definition) is 7. The Morgan fingerprint density at radius 3 is 1.25 bits per heavy atom. The van der Waals surface area contributed by atoms with Gasteiger partial charge < -0.3 is 14.4 Å². The second-order valence-corrected chi connectivity index (χ2v) is 11.9. The molecule has 0 saturated carbocycles. The standard InChI is InChI=1S/C44H37N3O4/c1-32(30-45)43(48)50-27-25-34-13-19-39(20-14-34)47(40-21-15-35(16-22-40)26-28-51-44(49)33(2)31-46)41-23-17-36(18-24-41)29-42(37-9-5-3-6-10-37)38-11-7-4-8-12-38/h3-24,42H,1-2,25-29H2. The van der Waals surface area contributed by atoms with Crippen LogP contribution in [0.15, 0.2) is 158 Å². The molecule has 0 radical (unpaired) electrons. The largest absolute Gasteiger partial charge is 0.461 e. The van der Waals surface area contributed by atoms with Crippen LogP contribution in [0.25, 0.3) is 0 Å². The van der Waals surface area contributed by atoms with Gasteiger partial charge in [0.15, 0.2) is 0 Å². The summed E-state index contributed by atoms with van der Waals surface area (Å²) in [6.45, 7) is 7.07. The molecule has 7 heteroatoms. The molecule has 7 nitrogen and oxygen atoms in total. The van der Waals surface area contributed by atoms with E-state index in [1.165, 1.54) is 16.7 Å². The van der Waals surface area contributed by atoms with E-state index in [-0.39, 0.29) is 30.3 Å². The van der Waals surface area contributed by atoms with Crippen molar-refractivity contribution in [2.45, 2.75) is 25.2 Å². The van der Waals surface area contributed by atoms with E-state index < -0.39 is 11.9 Å². The molecule has 5 aromatic rings. The van der Waals surface area contributed by atoms with Gasteiger partial charge in [0.1, 0.15) is 23.3 Å².